The van der Waals surface area contributed by atoms with Crippen molar-refractivity contribution in [1.82, 2.24) is 25.1 Å². The van der Waals surface area contributed by atoms with E-state index in [9.17, 15) is 0 Å². The van der Waals surface area contributed by atoms with Crippen molar-refractivity contribution in [3.63, 3.8) is 0 Å². The van der Waals surface area contributed by atoms with Gasteiger partial charge in [0.25, 0.3) is 0 Å². The molecule has 112 valence electrons. The van der Waals surface area contributed by atoms with Crippen LogP contribution in [0.4, 0.5) is 5.82 Å². The Morgan fingerprint density at radius 3 is 2.95 bits per heavy atom. The monoisotopic (exact) mass is 286 g/mol. The van der Waals surface area contributed by atoms with Gasteiger partial charge in [0, 0.05) is 26.2 Å². The van der Waals surface area contributed by atoms with Gasteiger partial charge in [-0.05, 0) is 38.1 Å². The average Bonchev–Trinajstić information content (AvgIpc) is 3.01. The van der Waals surface area contributed by atoms with Gasteiger partial charge in [-0.25, -0.2) is 9.97 Å². The molecule has 6 nitrogen and oxygen atoms in total. The molecule has 21 heavy (non-hydrogen) atoms. The summed E-state index contributed by atoms with van der Waals surface area (Å²) in [6.07, 6.45) is 8.83. The van der Waals surface area contributed by atoms with E-state index in [1.54, 1.807) is 6.33 Å². The Labute approximate surface area is 124 Å². The van der Waals surface area contributed by atoms with E-state index in [1.165, 1.54) is 25.7 Å². The number of hydrogen-bond donors (Lipinski definition) is 1. The summed E-state index contributed by atoms with van der Waals surface area (Å²) in [5.41, 5.74) is 0.917. The van der Waals surface area contributed by atoms with Crippen molar-refractivity contribution in [3.8, 4) is 0 Å². The third-order valence-electron chi connectivity index (χ3n) is 4.59. The van der Waals surface area contributed by atoms with Gasteiger partial charge >= 0.3 is 0 Å². The van der Waals surface area contributed by atoms with E-state index < -0.39 is 0 Å². The van der Waals surface area contributed by atoms with Crippen LogP contribution >= 0.6 is 0 Å². The first kappa shape index (κ1) is 13.0. The molecule has 1 saturated carbocycles. The zero-order valence-electron chi connectivity index (χ0n) is 12.5. The first-order valence-electron chi connectivity index (χ1n) is 7.92. The van der Waals surface area contributed by atoms with Crippen LogP contribution in [-0.4, -0.2) is 45.4 Å². The predicted octanol–water partition coefficient (Wildman–Crippen LogP) is 1.33. The zero-order chi connectivity index (χ0) is 14.2. The van der Waals surface area contributed by atoms with Crippen molar-refractivity contribution in [2.45, 2.75) is 31.7 Å². The second-order valence-corrected chi connectivity index (χ2v) is 6.34. The normalized spacial score (nSPS) is 22.0. The molecule has 1 unspecified atom stereocenters. The van der Waals surface area contributed by atoms with E-state index in [-0.39, 0.29) is 0 Å². The summed E-state index contributed by atoms with van der Waals surface area (Å²) in [5, 5.41) is 9.00. The number of fused-ring (bicyclic) bond motifs is 1. The van der Waals surface area contributed by atoms with Crippen LogP contribution in [0.2, 0.25) is 0 Å². The highest BCUT2D eigenvalue weighted by Gasteiger charge is 2.28. The SMILES string of the molecule is Cn1ncc2c(N(CC3CC3)CC3CCCN3)ncnc21. The van der Waals surface area contributed by atoms with Crippen molar-refractivity contribution in [1.29, 1.82) is 0 Å². The molecule has 2 fully saturated rings. The van der Waals surface area contributed by atoms with Gasteiger partial charge < -0.3 is 10.2 Å². The summed E-state index contributed by atoms with van der Waals surface area (Å²) in [6, 6.07) is 0.588. The number of aromatic nitrogens is 4. The van der Waals surface area contributed by atoms with Gasteiger partial charge in [0.1, 0.15) is 12.1 Å². The Hall–Kier alpha value is -1.69. The molecule has 2 aromatic rings. The molecule has 1 atom stereocenters. The van der Waals surface area contributed by atoms with Gasteiger partial charge in [0.2, 0.25) is 0 Å². The van der Waals surface area contributed by atoms with E-state index in [1.807, 2.05) is 17.9 Å². The molecule has 6 heteroatoms. The van der Waals surface area contributed by atoms with Crippen LogP contribution in [0.25, 0.3) is 11.0 Å². The molecular weight excluding hydrogens is 264 g/mol. The number of nitrogens with zero attached hydrogens (tertiary/aromatic N) is 5. The smallest absolute Gasteiger partial charge is 0.163 e. The molecule has 0 amide bonds. The van der Waals surface area contributed by atoms with Crippen molar-refractivity contribution in [2.75, 3.05) is 24.5 Å². The lowest BCUT2D eigenvalue weighted by atomic mass is 10.2. The summed E-state index contributed by atoms with van der Waals surface area (Å²) in [5.74, 6) is 1.89. The molecule has 0 radical (unpaired) electrons. The Bertz CT molecular complexity index is 626. The van der Waals surface area contributed by atoms with Gasteiger partial charge in [-0.2, -0.15) is 5.10 Å². The minimum absolute atomic E-state index is 0.588. The van der Waals surface area contributed by atoms with E-state index >= 15 is 0 Å². The second-order valence-electron chi connectivity index (χ2n) is 6.34. The van der Waals surface area contributed by atoms with E-state index in [0.717, 1.165) is 42.4 Å². The number of anilines is 1. The van der Waals surface area contributed by atoms with Gasteiger partial charge in [-0.1, -0.05) is 0 Å². The van der Waals surface area contributed by atoms with Crippen LogP contribution in [0, 0.1) is 5.92 Å². The summed E-state index contributed by atoms with van der Waals surface area (Å²) < 4.78 is 1.82. The van der Waals surface area contributed by atoms with Crippen molar-refractivity contribution < 1.29 is 0 Å². The highest BCUT2D eigenvalue weighted by molar-refractivity contribution is 5.86. The number of hydrogen-bond acceptors (Lipinski definition) is 5. The van der Waals surface area contributed by atoms with E-state index in [4.69, 9.17) is 0 Å². The van der Waals surface area contributed by atoms with Gasteiger partial charge in [-0.3, -0.25) is 4.68 Å². The lowest BCUT2D eigenvalue weighted by molar-refractivity contribution is 0.568. The van der Waals surface area contributed by atoms with Crippen LogP contribution in [0.3, 0.4) is 0 Å². The molecule has 0 aromatic carbocycles. The largest absolute Gasteiger partial charge is 0.354 e. The quantitative estimate of drug-likeness (QED) is 0.898. The highest BCUT2D eigenvalue weighted by atomic mass is 15.3. The molecule has 1 aliphatic carbocycles. The van der Waals surface area contributed by atoms with Crippen LogP contribution in [0.5, 0.6) is 0 Å². The number of aryl methyl sites for hydroxylation is 1. The minimum Gasteiger partial charge on any atom is -0.354 e. The molecule has 0 spiro atoms. The maximum Gasteiger partial charge on any atom is 0.163 e. The number of nitrogens with one attached hydrogen (secondary N) is 1. The molecule has 4 rings (SSSR count). The van der Waals surface area contributed by atoms with Gasteiger partial charge in [0.15, 0.2) is 5.65 Å². The third-order valence-corrected chi connectivity index (χ3v) is 4.59. The third kappa shape index (κ3) is 2.60. The van der Waals surface area contributed by atoms with Crippen LogP contribution < -0.4 is 10.2 Å². The minimum atomic E-state index is 0.588. The Morgan fingerprint density at radius 2 is 2.19 bits per heavy atom. The molecule has 1 aliphatic heterocycles. The maximum atomic E-state index is 4.58. The molecule has 2 aromatic heterocycles. The fourth-order valence-corrected chi connectivity index (χ4v) is 3.24. The predicted molar refractivity (Wildman–Crippen MR) is 82.3 cm³/mol. The fourth-order valence-electron chi connectivity index (χ4n) is 3.24. The van der Waals surface area contributed by atoms with E-state index in [0.29, 0.717) is 6.04 Å². The second kappa shape index (κ2) is 5.26. The summed E-state index contributed by atoms with van der Waals surface area (Å²) in [7, 11) is 1.93. The summed E-state index contributed by atoms with van der Waals surface area (Å²) in [6.45, 7) is 3.30. The van der Waals surface area contributed by atoms with Crippen molar-refractivity contribution >= 4 is 16.9 Å². The Balaban J connectivity index is 1.66. The maximum absolute atomic E-state index is 4.58. The van der Waals surface area contributed by atoms with Crippen LogP contribution in [-0.2, 0) is 7.05 Å². The summed E-state index contributed by atoms with van der Waals surface area (Å²) >= 11 is 0. The molecule has 2 aliphatic rings. The number of rotatable bonds is 5. The molecule has 3 heterocycles. The van der Waals surface area contributed by atoms with E-state index in [2.05, 4.69) is 25.3 Å². The molecule has 0 bridgehead atoms. The van der Waals surface area contributed by atoms with Crippen molar-refractivity contribution in [3.05, 3.63) is 12.5 Å². The zero-order valence-corrected chi connectivity index (χ0v) is 12.5. The standard InChI is InChI=1S/C15H22N6/c1-20-14-13(7-19-20)15(18-10-17-14)21(8-11-4-5-11)9-12-3-2-6-16-12/h7,10-12,16H,2-6,8-9H2,1H3. The molecular formula is C15H22N6. The van der Waals surface area contributed by atoms with Crippen LogP contribution in [0.1, 0.15) is 25.7 Å². The van der Waals surface area contributed by atoms with Gasteiger partial charge in [0.05, 0.1) is 11.6 Å². The Kier molecular flexibility index (Phi) is 3.25. The lowest BCUT2D eigenvalue weighted by Crippen LogP contribution is -2.39. The van der Waals surface area contributed by atoms with Gasteiger partial charge in [-0.15, -0.1) is 0 Å². The first-order chi connectivity index (χ1) is 10.3. The molecule has 1 N–H and O–H groups in total. The Morgan fingerprint density at radius 1 is 1.29 bits per heavy atom. The fraction of sp³-hybridized carbons (Fsp3) is 0.667. The topological polar surface area (TPSA) is 58.9 Å². The lowest BCUT2D eigenvalue weighted by Gasteiger charge is -2.27. The highest BCUT2D eigenvalue weighted by Crippen LogP contribution is 2.33. The summed E-state index contributed by atoms with van der Waals surface area (Å²) in [4.78, 5) is 11.4. The average molecular weight is 286 g/mol. The first-order valence-corrected chi connectivity index (χ1v) is 7.92. The van der Waals surface area contributed by atoms with Crippen molar-refractivity contribution in [2.24, 2.45) is 13.0 Å². The molecule has 1 saturated heterocycles. The van der Waals surface area contributed by atoms with Crippen LogP contribution in [0.15, 0.2) is 12.5 Å².